The van der Waals surface area contributed by atoms with Gasteiger partial charge in [-0.15, -0.1) is 11.8 Å². The summed E-state index contributed by atoms with van der Waals surface area (Å²) in [6, 6.07) is -0.504. The summed E-state index contributed by atoms with van der Waals surface area (Å²) < 4.78 is 0. The van der Waals surface area contributed by atoms with Crippen LogP contribution in [-0.4, -0.2) is 45.6 Å². The van der Waals surface area contributed by atoms with Crippen LogP contribution in [0.4, 0.5) is 0 Å². The van der Waals surface area contributed by atoms with Crippen LogP contribution in [0.1, 0.15) is 6.92 Å². The summed E-state index contributed by atoms with van der Waals surface area (Å²) >= 11 is 7.39. The Bertz CT molecular complexity index is 414. The maximum absolute atomic E-state index is 11.5. The van der Waals surface area contributed by atoms with Gasteiger partial charge < -0.3 is 15.7 Å². The highest BCUT2D eigenvalue weighted by atomic mass is 35.5. The van der Waals surface area contributed by atoms with Crippen LogP contribution < -0.4 is 5.73 Å². The summed E-state index contributed by atoms with van der Waals surface area (Å²) in [6.45, 7) is 1.79. The van der Waals surface area contributed by atoms with Gasteiger partial charge in [-0.2, -0.15) is 0 Å². The van der Waals surface area contributed by atoms with E-state index in [1.807, 2.05) is 0 Å². The molecule has 0 radical (unpaired) electrons. The number of carbonyl (C=O) groups is 2. The molecule has 0 aromatic rings. The third-order valence-corrected chi connectivity index (χ3v) is 5.37. The lowest BCUT2D eigenvalue weighted by molar-refractivity contribution is -0.154. The van der Waals surface area contributed by atoms with Gasteiger partial charge in [-0.3, -0.25) is 9.59 Å². The van der Waals surface area contributed by atoms with E-state index in [2.05, 4.69) is 0 Å². The van der Waals surface area contributed by atoms with Crippen molar-refractivity contribution in [2.75, 3.05) is 12.3 Å². The minimum Gasteiger partial charge on any atom is -0.480 e. The predicted molar refractivity (Wildman–Crippen MR) is 65.6 cm³/mol. The molecule has 0 saturated carbocycles. The van der Waals surface area contributed by atoms with Gasteiger partial charge >= 0.3 is 5.97 Å². The Morgan fingerprint density at radius 1 is 1.76 bits per heavy atom. The molecule has 0 aliphatic carbocycles. The number of aliphatic carboxylic acids is 1. The molecular formula is C10H13ClN2O3S. The predicted octanol–water partition coefficient (Wildman–Crippen LogP) is 0.442. The lowest BCUT2D eigenvalue weighted by Crippen LogP contribution is -2.72. The van der Waals surface area contributed by atoms with Crippen LogP contribution in [0, 0.1) is 5.41 Å². The summed E-state index contributed by atoms with van der Waals surface area (Å²) in [5.74, 6) is -0.860. The number of hydrogen-bond donors (Lipinski definition) is 2. The summed E-state index contributed by atoms with van der Waals surface area (Å²) in [4.78, 5) is 24.5. The van der Waals surface area contributed by atoms with Crippen molar-refractivity contribution < 1.29 is 14.7 Å². The Kier molecular flexibility index (Phi) is 3.14. The second-order valence-electron chi connectivity index (χ2n) is 4.22. The molecule has 17 heavy (non-hydrogen) atoms. The highest BCUT2D eigenvalue weighted by molar-refractivity contribution is 8.00. The van der Waals surface area contributed by atoms with Crippen LogP contribution in [0.15, 0.2) is 11.1 Å². The van der Waals surface area contributed by atoms with Gasteiger partial charge in [-0.25, -0.2) is 0 Å². The van der Waals surface area contributed by atoms with Crippen molar-refractivity contribution in [1.82, 2.24) is 4.90 Å². The van der Waals surface area contributed by atoms with Crippen molar-refractivity contribution in [3.63, 3.8) is 0 Å². The molecule has 1 amide bonds. The Labute approximate surface area is 108 Å². The number of hydrogen-bond acceptors (Lipinski definition) is 4. The van der Waals surface area contributed by atoms with E-state index >= 15 is 0 Å². The highest BCUT2D eigenvalue weighted by Gasteiger charge is 2.56. The molecule has 3 atom stereocenters. The average Bonchev–Trinajstić information content (AvgIpc) is 2.35. The minimum atomic E-state index is -1.19. The number of halogens is 1. The van der Waals surface area contributed by atoms with Crippen LogP contribution in [0.5, 0.6) is 0 Å². The van der Waals surface area contributed by atoms with Crippen molar-refractivity contribution in [2.45, 2.75) is 18.3 Å². The smallest absolute Gasteiger partial charge is 0.317 e. The largest absolute Gasteiger partial charge is 0.480 e. The first-order valence-corrected chi connectivity index (χ1v) is 6.60. The van der Waals surface area contributed by atoms with Gasteiger partial charge in [-0.1, -0.05) is 17.7 Å². The van der Waals surface area contributed by atoms with E-state index in [9.17, 15) is 14.7 Å². The monoisotopic (exact) mass is 276 g/mol. The number of nitrogens with zero attached hydrogens (tertiary/aromatic N) is 1. The van der Waals surface area contributed by atoms with Gasteiger partial charge in [0.05, 0.1) is 0 Å². The molecule has 3 N–H and O–H groups in total. The molecule has 0 bridgehead atoms. The molecule has 5 nitrogen and oxygen atoms in total. The SMILES string of the molecule is CC=C(Cl)C1(C(=O)O)CS[C@@H]2C(N)C(=O)N2C1. The Hall–Kier alpha value is -0.720. The number of rotatable bonds is 2. The Morgan fingerprint density at radius 3 is 2.94 bits per heavy atom. The lowest BCUT2D eigenvalue weighted by atomic mass is 9.86. The molecule has 0 aromatic heterocycles. The number of β-lactam (4-membered cyclic amide) rings is 1. The Balaban J connectivity index is 2.28. The summed E-state index contributed by atoms with van der Waals surface area (Å²) in [7, 11) is 0. The van der Waals surface area contributed by atoms with Crippen molar-refractivity contribution in [3.8, 4) is 0 Å². The molecule has 2 unspecified atom stereocenters. The first-order valence-electron chi connectivity index (χ1n) is 5.17. The molecule has 2 rings (SSSR count). The maximum atomic E-state index is 11.5. The van der Waals surface area contributed by atoms with Crippen molar-refractivity contribution in [1.29, 1.82) is 0 Å². The highest BCUT2D eigenvalue weighted by Crippen LogP contribution is 2.46. The fourth-order valence-electron chi connectivity index (χ4n) is 2.13. The van der Waals surface area contributed by atoms with E-state index in [0.717, 1.165) is 0 Å². The van der Waals surface area contributed by atoms with E-state index in [1.165, 1.54) is 16.7 Å². The number of carboxylic acids is 1. The number of amides is 1. The fourth-order valence-corrected chi connectivity index (χ4v) is 3.92. The Morgan fingerprint density at radius 2 is 2.41 bits per heavy atom. The fraction of sp³-hybridized carbons (Fsp3) is 0.600. The van der Waals surface area contributed by atoms with Crippen molar-refractivity contribution in [2.24, 2.45) is 11.1 Å². The number of fused-ring (bicyclic) bond motifs is 1. The summed E-state index contributed by atoms with van der Waals surface area (Å²) in [6.07, 6.45) is 1.57. The molecule has 2 aliphatic rings. The van der Waals surface area contributed by atoms with E-state index in [1.54, 1.807) is 13.0 Å². The lowest BCUT2D eigenvalue weighted by Gasteiger charge is -2.52. The molecular weight excluding hydrogens is 264 g/mol. The second-order valence-corrected chi connectivity index (χ2v) is 5.73. The molecule has 0 aromatic carbocycles. The molecule has 2 fully saturated rings. The molecule has 2 heterocycles. The van der Waals surface area contributed by atoms with Crippen LogP contribution in [-0.2, 0) is 9.59 Å². The maximum Gasteiger partial charge on any atom is 0.317 e. The molecule has 7 heteroatoms. The third-order valence-electron chi connectivity index (χ3n) is 3.24. The van der Waals surface area contributed by atoms with Gasteiger partial charge in [0.1, 0.15) is 16.8 Å². The zero-order valence-electron chi connectivity index (χ0n) is 9.22. The molecule has 2 saturated heterocycles. The number of carbonyl (C=O) groups excluding carboxylic acids is 1. The number of carboxylic acid groups (broad SMARTS) is 1. The molecule has 2 aliphatic heterocycles. The van der Waals surface area contributed by atoms with Gasteiger partial charge in [0.2, 0.25) is 5.91 Å². The topological polar surface area (TPSA) is 83.6 Å². The van der Waals surface area contributed by atoms with Crippen LogP contribution >= 0.6 is 23.4 Å². The van der Waals surface area contributed by atoms with Crippen LogP contribution in [0.25, 0.3) is 0 Å². The number of nitrogens with two attached hydrogens (primary N) is 1. The molecule has 94 valence electrons. The average molecular weight is 277 g/mol. The number of thioether (sulfide) groups is 1. The normalized spacial score (nSPS) is 37.5. The summed E-state index contributed by atoms with van der Waals surface area (Å²) in [5.41, 5.74) is 4.46. The third kappa shape index (κ3) is 1.66. The van der Waals surface area contributed by atoms with Gasteiger partial charge in [0, 0.05) is 17.3 Å². The first-order chi connectivity index (χ1) is 7.94. The second kappa shape index (κ2) is 4.19. The minimum absolute atomic E-state index is 0.101. The van der Waals surface area contributed by atoms with Crippen LogP contribution in [0.3, 0.4) is 0 Å². The van der Waals surface area contributed by atoms with E-state index < -0.39 is 17.4 Å². The van der Waals surface area contributed by atoms with Gasteiger partial charge in [0.15, 0.2) is 0 Å². The van der Waals surface area contributed by atoms with E-state index in [-0.39, 0.29) is 22.9 Å². The van der Waals surface area contributed by atoms with Crippen molar-refractivity contribution >= 4 is 35.2 Å². The molecule has 0 spiro atoms. The van der Waals surface area contributed by atoms with Gasteiger partial charge in [-0.05, 0) is 6.92 Å². The zero-order valence-corrected chi connectivity index (χ0v) is 10.8. The van der Waals surface area contributed by atoms with Crippen molar-refractivity contribution in [3.05, 3.63) is 11.1 Å². The van der Waals surface area contributed by atoms with E-state index in [0.29, 0.717) is 5.75 Å². The van der Waals surface area contributed by atoms with Crippen LogP contribution in [0.2, 0.25) is 0 Å². The van der Waals surface area contributed by atoms with Gasteiger partial charge in [0.25, 0.3) is 0 Å². The summed E-state index contributed by atoms with van der Waals surface area (Å²) in [5, 5.41) is 9.53. The van der Waals surface area contributed by atoms with E-state index in [4.69, 9.17) is 17.3 Å². The quantitative estimate of drug-likeness (QED) is 0.715. The first kappa shape index (κ1) is 12.7. The number of allylic oxidation sites excluding steroid dienone is 1. The standard InChI is InChI=1S/C10H13ClN2O3S/c1-2-5(11)10(9(15)16)3-13-7(14)6(12)8(13)17-4-10/h2,6,8H,3-4,12H2,1H3,(H,15,16)/t6?,8-,10?/m1/s1. The zero-order chi connectivity index (χ0) is 12.8.